The Hall–Kier alpha value is -2.78. The summed E-state index contributed by atoms with van der Waals surface area (Å²) in [4.78, 5) is 11.3. The second-order valence-corrected chi connectivity index (χ2v) is 7.50. The van der Waals surface area contributed by atoms with E-state index in [0.717, 1.165) is 0 Å². The minimum Gasteiger partial charge on any atom is -0.494 e. The zero-order chi connectivity index (χ0) is 20.7. The Labute approximate surface area is 164 Å². The van der Waals surface area contributed by atoms with Crippen molar-refractivity contribution in [2.24, 2.45) is 0 Å². The lowest BCUT2D eigenvalue weighted by molar-refractivity contribution is -0.137. The zero-order valence-corrected chi connectivity index (χ0v) is 16.7. The molecule has 0 fully saturated rings. The van der Waals surface area contributed by atoms with E-state index in [9.17, 15) is 18.3 Å². The molecule has 2 aromatic carbocycles. The number of hydrogen-bond acceptors (Lipinski definition) is 6. The highest BCUT2D eigenvalue weighted by Crippen LogP contribution is 2.31. The van der Waals surface area contributed by atoms with Crippen LogP contribution in [0.25, 0.3) is 0 Å². The summed E-state index contributed by atoms with van der Waals surface area (Å²) >= 11 is 0. The van der Waals surface area contributed by atoms with Crippen LogP contribution >= 0.6 is 0 Å². The minimum absolute atomic E-state index is 0.00631. The van der Waals surface area contributed by atoms with Gasteiger partial charge in [-0.2, -0.15) is 0 Å². The highest BCUT2D eigenvalue weighted by atomic mass is 32.2. The number of ether oxygens (including phenoxy) is 3. The molecule has 0 bridgehead atoms. The summed E-state index contributed by atoms with van der Waals surface area (Å²) in [5.41, 5.74) is 0.439. The SMILES string of the molecule is CCOc1ccc(S(=O)(=O)N[C@@H](CC(=O)O)c2ccc(OC)c(OC)c2)cc1. The van der Waals surface area contributed by atoms with Crippen molar-refractivity contribution < 1.29 is 32.5 Å². The van der Waals surface area contributed by atoms with Crippen LogP contribution in [0.1, 0.15) is 24.9 Å². The van der Waals surface area contributed by atoms with Gasteiger partial charge in [0.05, 0.1) is 38.2 Å². The van der Waals surface area contributed by atoms with Gasteiger partial charge in [-0.15, -0.1) is 0 Å². The van der Waals surface area contributed by atoms with Gasteiger partial charge in [0.2, 0.25) is 10.0 Å². The van der Waals surface area contributed by atoms with Crippen LogP contribution in [-0.2, 0) is 14.8 Å². The Balaban J connectivity index is 2.34. The number of carboxylic acids is 1. The van der Waals surface area contributed by atoms with Crippen molar-refractivity contribution in [3.05, 3.63) is 48.0 Å². The summed E-state index contributed by atoms with van der Waals surface area (Å²) in [5.74, 6) is 0.225. The fraction of sp³-hybridized carbons (Fsp3) is 0.316. The quantitative estimate of drug-likeness (QED) is 0.620. The van der Waals surface area contributed by atoms with Crippen LogP contribution in [-0.4, -0.2) is 40.3 Å². The second kappa shape index (κ2) is 9.43. The monoisotopic (exact) mass is 409 g/mol. The molecule has 0 aliphatic carbocycles. The molecule has 2 N–H and O–H groups in total. The van der Waals surface area contributed by atoms with Crippen molar-refractivity contribution in [3.8, 4) is 17.2 Å². The van der Waals surface area contributed by atoms with Crippen LogP contribution in [0.5, 0.6) is 17.2 Å². The van der Waals surface area contributed by atoms with Crippen LogP contribution in [0, 0.1) is 0 Å². The molecule has 8 nitrogen and oxygen atoms in total. The molecular weight excluding hydrogens is 386 g/mol. The summed E-state index contributed by atoms with van der Waals surface area (Å²) in [6.07, 6.45) is -0.439. The average molecular weight is 409 g/mol. The van der Waals surface area contributed by atoms with Gasteiger partial charge in [0, 0.05) is 0 Å². The molecule has 9 heteroatoms. The van der Waals surface area contributed by atoms with Gasteiger partial charge in [-0.05, 0) is 48.9 Å². The van der Waals surface area contributed by atoms with Crippen molar-refractivity contribution in [1.82, 2.24) is 4.72 Å². The standard InChI is InChI=1S/C19H23NO7S/c1-4-27-14-6-8-15(9-7-14)28(23,24)20-16(12-19(21)22)13-5-10-17(25-2)18(11-13)26-3/h5-11,16,20H,4,12H2,1-3H3,(H,21,22)/t16-/m0/s1. The van der Waals surface area contributed by atoms with E-state index in [1.165, 1.54) is 26.4 Å². The lowest BCUT2D eigenvalue weighted by Gasteiger charge is -2.19. The predicted octanol–water partition coefficient (Wildman–Crippen LogP) is 2.60. The number of sulfonamides is 1. The maximum Gasteiger partial charge on any atom is 0.305 e. The van der Waals surface area contributed by atoms with Gasteiger partial charge in [0.1, 0.15) is 5.75 Å². The largest absolute Gasteiger partial charge is 0.494 e. The maximum atomic E-state index is 12.7. The molecule has 0 spiro atoms. The summed E-state index contributed by atoms with van der Waals surface area (Å²) in [7, 11) is -1.05. The van der Waals surface area contributed by atoms with E-state index in [1.807, 2.05) is 6.92 Å². The number of hydrogen-bond donors (Lipinski definition) is 2. The molecule has 2 rings (SSSR count). The Morgan fingerprint density at radius 3 is 2.25 bits per heavy atom. The van der Waals surface area contributed by atoms with E-state index in [0.29, 0.717) is 29.4 Å². The molecule has 0 saturated heterocycles. The lowest BCUT2D eigenvalue weighted by atomic mass is 10.0. The highest BCUT2D eigenvalue weighted by Gasteiger charge is 2.24. The van der Waals surface area contributed by atoms with E-state index in [2.05, 4.69) is 4.72 Å². The molecule has 28 heavy (non-hydrogen) atoms. The van der Waals surface area contributed by atoms with Crippen molar-refractivity contribution >= 4 is 16.0 Å². The van der Waals surface area contributed by atoms with E-state index in [4.69, 9.17) is 14.2 Å². The Morgan fingerprint density at radius 2 is 1.71 bits per heavy atom. The van der Waals surface area contributed by atoms with Crippen LogP contribution in [0.15, 0.2) is 47.4 Å². The fourth-order valence-corrected chi connectivity index (χ4v) is 3.83. The van der Waals surface area contributed by atoms with Gasteiger partial charge < -0.3 is 19.3 Å². The van der Waals surface area contributed by atoms with Crippen LogP contribution < -0.4 is 18.9 Å². The zero-order valence-electron chi connectivity index (χ0n) is 15.8. The number of methoxy groups -OCH3 is 2. The van der Waals surface area contributed by atoms with Gasteiger partial charge in [-0.25, -0.2) is 13.1 Å². The molecule has 0 saturated carbocycles. The molecule has 2 aromatic rings. The van der Waals surface area contributed by atoms with Gasteiger partial charge >= 0.3 is 5.97 Å². The molecular formula is C19H23NO7S. The third-order valence-electron chi connectivity index (χ3n) is 3.93. The number of carbonyl (C=O) groups is 1. The van der Waals surface area contributed by atoms with Gasteiger partial charge in [0.15, 0.2) is 11.5 Å². The minimum atomic E-state index is -3.96. The molecule has 0 amide bonds. The Bertz CT molecular complexity index is 910. The summed E-state index contributed by atoms with van der Waals surface area (Å²) < 4.78 is 43.6. The van der Waals surface area contributed by atoms with E-state index < -0.39 is 28.5 Å². The molecule has 0 unspecified atom stereocenters. The Kier molecular flexibility index (Phi) is 7.24. The number of carboxylic acid groups (broad SMARTS) is 1. The van der Waals surface area contributed by atoms with Gasteiger partial charge in [0.25, 0.3) is 0 Å². The molecule has 0 radical (unpaired) electrons. The first-order chi connectivity index (χ1) is 13.3. The number of nitrogens with one attached hydrogen (secondary N) is 1. The third kappa shape index (κ3) is 5.37. The van der Waals surface area contributed by atoms with E-state index in [-0.39, 0.29) is 4.90 Å². The molecule has 1 atom stereocenters. The first-order valence-electron chi connectivity index (χ1n) is 8.49. The number of rotatable bonds is 10. The topological polar surface area (TPSA) is 111 Å². The summed E-state index contributed by atoms with van der Waals surface area (Å²) in [6.45, 7) is 2.29. The van der Waals surface area contributed by atoms with Crippen LogP contribution in [0.4, 0.5) is 0 Å². The summed E-state index contributed by atoms with van der Waals surface area (Å²) in [5, 5.41) is 9.23. The first kappa shape index (κ1) is 21.5. The van der Waals surface area contributed by atoms with E-state index in [1.54, 1.807) is 30.3 Å². The normalized spacial score (nSPS) is 12.2. The maximum absolute atomic E-state index is 12.7. The van der Waals surface area contributed by atoms with Crippen LogP contribution in [0.3, 0.4) is 0 Å². The molecule has 0 aromatic heterocycles. The molecule has 0 aliphatic rings. The average Bonchev–Trinajstić information content (AvgIpc) is 2.67. The molecule has 0 heterocycles. The van der Waals surface area contributed by atoms with Crippen molar-refractivity contribution in [2.45, 2.75) is 24.3 Å². The van der Waals surface area contributed by atoms with Crippen molar-refractivity contribution in [3.63, 3.8) is 0 Å². The highest BCUT2D eigenvalue weighted by molar-refractivity contribution is 7.89. The van der Waals surface area contributed by atoms with Crippen molar-refractivity contribution in [2.75, 3.05) is 20.8 Å². The molecule has 0 aliphatic heterocycles. The lowest BCUT2D eigenvalue weighted by Crippen LogP contribution is -2.30. The number of aliphatic carboxylic acids is 1. The number of benzene rings is 2. The van der Waals surface area contributed by atoms with Crippen molar-refractivity contribution in [1.29, 1.82) is 0 Å². The van der Waals surface area contributed by atoms with Crippen LogP contribution in [0.2, 0.25) is 0 Å². The van der Waals surface area contributed by atoms with Gasteiger partial charge in [-0.3, -0.25) is 4.79 Å². The molecule has 152 valence electrons. The second-order valence-electron chi connectivity index (χ2n) is 5.79. The third-order valence-corrected chi connectivity index (χ3v) is 5.42. The fourth-order valence-electron chi connectivity index (χ4n) is 2.61. The Morgan fingerprint density at radius 1 is 1.07 bits per heavy atom. The summed E-state index contributed by atoms with van der Waals surface area (Å²) in [6, 6.07) is 9.63. The first-order valence-corrected chi connectivity index (χ1v) is 9.98. The predicted molar refractivity (Wildman–Crippen MR) is 102 cm³/mol. The van der Waals surface area contributed by atoms with E-state index >= 15 is 0 Å². The smallest absolute Gasteiger partial charge is 0.305 e. The van der Waals surface area contributed by atoms with Gasteiger partial charge in [-0.1, -0.05) is 6.07 Å².